The first-order valence-electron chi connectivity index (χ1n) is 6.94. The Balaban J connectivity index is 2.77. The molecule has 108 valence electrons. The second-order valence-corrected chi connectivity index (χ2v) is 5.70. The lowest BCUT2D eigenvalue weighted by Gasteiger charge is -2.24. The van der Waals surface area contributed by atoms with Crippen LogP contribution in [-0.4, -0.2) is 36.8 Å². The summed E-state index contributed by atoms with van der Waals surface area (Å²) < 4.78 is 5.18. The molecular formula is C16H27NO2. The molecular weight excluding hydrogens is 238 g/mol. The molecule has 0 aliphatic carbocycles. The number of nitrogens with zero attached hydrogens (tertiary/aromatic N) is 1. The van der Waals surface area contributed by atoms with Crippen molar-refractivity contribution in [2.75, 3.05) is 26.8 Å². The summed E-state index contributed by atoms with van der Waals surface area (Å²) in [6.45, 7) is 12.0. The fourth-order valence-corrected chi connectivity index (χ4v) is 2.37. The van der Waals surface area contributed by atoms with Gasteiger partial charge in [0.1, 0.15) is 5.75 Å². The first kappa shape index (κ1) is 16.0. The lowest BCUT2D eigenvalue weighted by molar-refractivity contribution is 0.136. The Kier molecular flexibility index (Phi) is 6.32. The average Bonchev–Trinajstić information content (AvgIpc) is 2.32. The predicted molar refractivity (Wildman–Crippen MR) is 79.6 cm³/mol. The molecule has 0 radical (unpaired) electrons. The van der Waals surface area contributed by atoms with E-state index in [-0.39, 0.29) is 0 Å². The number of methoxy groups -OCH3 is 1. The van der Waals surface area contributed by atoms with Gasteiger partial charge in [-0.1, -0.05) is 26.0 Å². The van der Waals surface area contributed by atoms with Crippen molar-refractivity contribution in [1.82, 2.24) is 4.90 Å². The Morgan fingerprint density at radius 2 is 1.79 bits per heavy atom. The molecule has 0 bridgehead atoms. The monoisotopic (exact) mass is 265 g/mol. The molecule has 0 saturated carbocycles. The number of phenolic OH excluding ortho intramolecular Hbond substituents is 1. The molecule has 3 nitrogen and oxygen atoms in total. The fraction of sp³-hybridized carbons (Fsp3) is 0.625. The van der Waals surface area contributed by atoms with Gasteiger partial charge in [-0.05, 0) is 36.5 Å². The third-order valence-electron chi connectivity index (χ3n) is 3.19. The van der Waals surface area contributed by atoms with Crippen molar-refractivity contribution in [2.45, 2.75) is 34.2 Å². The Morgan fingerprint density at radius 3 is 2.26 bits per heavy atom. The minimum Gasteiger partial charge on any atom is -0.507 e. The van der Waals surface area contributed by atoms with Gasteiger partial charge in [0, 0.05) is 26.7 Å². The molecule has 1 aromatic rings. The van der Waals surface area contributed by atoms with Crippen molar-refractivity contribution in [3.8, 4) is 5.75 Å². The first-order valence-corrected chi connectivity index (χ1v) is 6.94. The predicted octanol–water partition coefficient (Wildman–Crippen LogP) is 3.11. The third kappa shape index (κ3) is 5.21. The van der Waals surface area contributed by atoms with Crippen LogP contribution in [0.15, 0.2) is 12.1 Å². The van der Waals surface area contributed by atoms with Crippen LogP contribution >= 0.6 is 0 Å². The van der Waals surface area contributed by atoms with E-state index in [1.807, 2.05) is 13.8 Å². The van der Waals surface area contributed by atoms with Crippen molar-refractivity contribution in [3.63, 3.8) is 0 Å². The molecule has 0 aromatic heterocycles. The van der Waals surface area contributed by atoms with E-state index < -0.39 is 0 Å². The van der Waals surface area contributed by atoms with E-state index in [0.29, 0.717) is 11.7 Å². The van der Waals surface area contributed by atoms with Gasteiger partial charge in [-0.15, -0.1) is 0 Å². The van der Waals surface area contributed by atoms with Gasteiger partial charge in [0.2, 0.25) is 0 Å². The number of ether oxygens (including phenoxy) is 1. The molecule has 0 aliphatic heterocycles. The second kappa shape index (κ2) is 7.51. The number of hydrogen-bond donors (Lipinski definition) is 1. The summed E-state index contributed by atoms with van der Waals surface area (Å²) in [5.74, 6) is 1.05. The zero-order valence-electron chi connectivity index (χ0n) is 12.9. The Morgan fingerprint density at radius 1 is 1.21 bits per heavy atom. The van der Waals surface area contributed by atoms with Gasteiger partial charge >= 0.3 is 0 Å². The Hall–Kier alpha value is -1.06. The molecule has 0 atom stereocenters. The normalized spacial score (nSPS) is 11.5. The Labute approximate surface area is 117 Å². The molecule has 19 heavy (non-hydrogen) atoms. The minimum absolute atomic E-state index is 0.413. The standard InChI is InChI=1S/C16H27NO2/c1-12(2)10-17(6-7-19-5)11-15-8-13(3)16(18)14(4)9-15/h8-9,12,18H,6-7,10-11H2,1-5H3. The topological polar surface area (TPSA) is 32.7 Å². The highest BCUT2D eigenvalue weighted by molar-refractivity contribution is 5.42. The van der Waals surface area contributed by atoms with Crippen molar-refractivity contribution < 1.29 is 9.84 Å². The van der Waals surface area contributed by atoms with E-state index in [1.54, 1.807) is 7.11 Å². The smallest absolute Gasteiger partial charge is 0.121 e. The molecule has 0 aliphatic rings. The van der Waals surface area contributed by atoms with Crippen LogP contribution in [0.4, 0.5) is 0 Å². The largest absolute Gasteiger partial charge is 0.507 e. The van der Waals surface area contributed by atoms with Crippen molar-refractivity contribution in [1.29, 1.82) is 0 Å². The van der Waals surface area contributed by atoms with Gasteiger partial charge in [-0.2, -0.15) is 0 Å². The van der Waals surface area contributed by atoms with E-state index in [9.17, 15) is 5.11 Å². The molecule has 0 saturated heterocycles. The SMILES string of the molecule is COCCN(Cc1cc(C)c(O)c(C)c1)CC(C)C. The van der Waals surface area contributed by atoms with Crippen LogP contribution < -0.4 is 0 Å². The lowest BCUT2D eigenvalue weighted by Crippen LogP contribution is -2.30. The van der Waals surface area contributed by atoms with E-state index in [4.69, 9.17) is 4.74 Å². The van der Waals surface area contributed by atoms with Crippen LogP contribution in [0, 0.1) is 19.8 Å². The molecule has 1 rings (SSSR count). The van der Waals surface area contributed by atoms with Crippen LogP contribution in [0.25, 0.3) is 0 Å². The number of phenols is 1. The number of hydrogen-bond acceptors (Lipinski definition) is 3. The highest BCUT2D eigenvalue weighted by Gasteiger charge is 2.10. The molecule has 1 aromatic carbocycles. The maximum Gasteiger partial charge on any atom is 0.121 e. The maximum absolute atomic E-state index is 9.82. The van der Waals surface area contributed by atoms with Crippen LogP contribution in [0.2, 0.25) is 0 Å². The van der Waals surface area contributed by atoms with Crippen molar-refractivity contribution >= 4 is 0 Å². The van der Waals surface area contributed by atoms with E-state index in [0.717, 1.165) is 37.4 Å². The molecule has 0 amide bonds. The van der Waals surface area contributed by atoms with Gasteiger partial charge in [-0.25, -0.2) is 0 Å². The fourth-order valence-electron chi connectivity index (χ4n) is 2.37. The molecule has 3 heteroatoms. The summed E-state index contributed by atoms with van der Waals surface area (Å²) in [5, 5.41) is 9.82. The lowest BCUT2D eigenvalue weighted by atomic mass is 10.0. The molecule has 1 N–H and O–H groups in total. The number of benzene rings is 1. The van der Waals surface area contributed by atoms with Crippen molar-refractivity contribution in [2.24, 2.45) is 5.92 Å². The van der Waals surface area contributed by atoms with Gasteiger partial charge in [0.25, 0.3) is 0 Å². The van der Waals surface area contributed by atoms with E-state index >= 15 is 0 Å². The number of rotatable bonds is 7. The maximum atomic E-state index is 9.82. The highest BCUT2D eigenvalue weighted by Crippen LogP contribution is 2.23. The van der Waals surface area contributed by atoms with Crippen LogP contribution in [0.1, 0.15) is 30.5 Å². The van der Waals surface area contributed by atoms with Gasteiger partial charge in [-0.3, -0.25) is 4.90 Å². The zero-order valence-corrected chi connectivity index (χ0v) is 12.9. The average molecular weight is 265 g/mol. The second-order valence-electron chi connectivity index (χ2n) is 5.70. The van der Waals surface area contributed by atoms with Crippen molar-refractivity contribution in [3.05, 3.63) is 28.8 Å². The quantitative estimate of drug-likeness (QED) is 0.822. The molecule has 0 heterocycles. The highest BCUT2D eigenvalue weighted by atomic mass is 16.5. The number of aryl methyl sites for hydroxylation is 2. The van der Waals surface area contributed by atoms with Gasteiger partial charge in [0.05, 0.1) is 6.61 Å². The zero-order chi connectivity index (χ0) is 14.4. The van der Waals surface area contributed by atoms with Crippen LogP contribution in [-0.2, 0) is 11.3 Å². The van der Waals surface area contributed by atoms with E-state index in [2.05, 4.69) is 30.9 Å². The summed E-state index contributed by atoms with van der Waals surface area (Å²) in [5.41, 5.74) is 3.15. The molecule has 0 unspecified atom stereocenters. The third-order valence-corrected chi connectivity index (χ3v) is 3.19. The van der Waals surface area contributed by atoms with Gasteiger partial charge in [0.15, 0.2) is 0 Å². The summed E-state index contributed by atoms with van der Waals surface area (Å²) in [6, 6.07) is 4.14. The number of aromatic hydroxyl groups is 1. The van der Waals surface area contributed by atoms with Gasteiger partial charge < -0.3 is 9.84 Å². The first-order chi connectivity index (χ1) is 8.93. The summed E-state index contributed by atoms with van der Waals surface area (Å²) >= 11 is 0. The molecule has 0 spiro atoms. The summed E-state index contributed by atoms with van der Waals surface area (Å²) in [4.78, 5) is 2.40. The van der Waals surface area contributed by atoms with Crippen LogP contribution in [0.5, 0.6) is 5.75 Å². The van der Waals surface area contributed by atoms with E-state index in [1.165, 1.54) is 5.56 Å². The molecule has 0 fully saturated rings. The summed E-state index contributed by atoms with van der Waals surface area (Å²) in [6.07, 6.45) is 0. The van der Waals surface area contributed by atoms with Crippen LogP contribution in [0.3, 0.4) is 0 Å². The Bertz CT molecular complexity index is 379. The minimum atomic E-state index is 0.413. The summed E-state index contributed by atoms with van der Waals surface area (Å²) in [7, 11) is 1.74.